The minimum atomic E-state index is 0.667. The number of hydrogen-bond donors (Lipinski definition) is 2. The Bertz CT molecular complexity index is 1480. The second kappa shape index (κ2) is 7.45. The molecule has 0 fully saturated rings. The maximum Gasteiger partial charge on any atom is 0.159 e. The zero-order chi connectivity index (χ0) is 21.4. The minimum absolute atomic E-state index is 0.667. The van der Waals surface area contributed by atoms with E-state index in [0.29, 0.717) is 17.2 Å². The van der Waals surface area contributed by atoms with Crippen molar-refractivity contribution in [1.29, 1.82) is 0 Å². The molecule has 0 saturated heterocycles. The van der Waals surface area contributed by atoms with E-state index in [2.05, 4.69) is 41.9 Å². The summed E-state index contributed by atoms with van der Waals surface area (Å²) in [5.74, 6) is 0.667. The van der Waals surface area contributed by atoms with Gasteiger partial charge in [0.05, 0.1) is 28.6 Å². The Hall–Kier alpha value is -4.40. The van der Waals surface area contributed by atoms with Gasteiger partial charge in [-0.2, -0.15) is 5.10 Å². The number of nitrogens with zero attached hydrogens (tertiary/aromatic N) is 7. The third-order valence-corrected chi connectivity index (χ3v) is 4.99. The Morgan fingerprint density at radius 1 is 1.26 bits per heavy atom. The molecule has 9 nitrogen and oxygen atoms in total. The van der Waals surface area contributed by atoms with Crippen molar-refractivity contribution in [2.24, 2.45) is 9.98 Å². The van der Waals surface area contributed by atoms with Gasteiger partial charge in [-0.3, -0.25) is 10.1 Å². The molecule has 0 atom stereocenters. The predicted molar refractivity (Wildman–Crippen MR) is 123 cm³/mol. The molecule has 0 saturated carbocycles. The van der Waals surface area contributed by atoms with Crippen LogP contribution in [-0.2, 0) is 0 Å². The fourth-order valence-corrected chi connectivity index (χ4v) is 3.46. The number of aryl methyl sites for hydroxylation is 1. The molecule has 5 rings (SSSR count). The van der Waals surface area contributed by atoms with E-state index in [1.807, 2.05) is 48.9 Å². The standard InChI is InChI=1S/C22H19N9/c1-13(8-24-11-23-3)15-7-16-19(29-30-21(16)25-9-15)22-27-17-5-4-6-18(20(17)28-22)31-10-14(2)26-12-31/h4-12H,3H2,1-2H3,(H,27,28)(H,25,29,30)/b13-8+,24-11-. The summed E-state index contributed by atoms with van der Waals surface area (Å²) in [7, 11) is 0. The van der Waals surface area contributed by atoms with Gasteiger partial charge in [-0.25, -0.2) is 19.9 Å². The molecule has 1 aromatic carbocycles. The second-order valence-electron chi connectivity index (χ2n) is 7.13. The summed E-state index contributed by atoms with van der Waals surface area (Å²) in [6.45, 7) is 7.31. The van der Waals surface area contributed by atoms with Crippen LogP contribution in [0.3, 0.4) is 0 Å². The van der Waals surface area contributed by atoms with Crippen LogP contribution < -0.4 is 0 Å². The Morgan fingerprint density at radius 2 is 2.16 bits per heavy atom. The average Bonchev–Trinajstić information content (AvgIpc) is 3.50. The number of nitrogens with one attached hydrogen (secondary N) is 2. The number of allylic oxidation sites excluding steroid dienone is 1. The lowest BCUT2D eigenvalue weighted by Crippen LogP contribution is -1.91. The molecule has 0 amide bonds. The van der Waals surface area contributed by atoms with E-state index < -0.39 is 0 Å². The van der Waals surface area contributed by atoms with Crippen LogP contribution in [-0.4, -0.2) is 47.8 Å². The first kappa shape index (κ1) is 18.6. The largest absolute Gasteiger partial charge is 0.336 e. The Morgan fingerprint density at radius 3 is 2.97 bits per heavy atom. The number of pyridine rings is 1. The minimum Gasteiger partial charge on any atom is -0.336 e. The van der Waals surface area contributed by atoms with Crippen LogP contribution in [0.15, 0.2) is 59.2 Å². The Labute approximate surface area is 177 Å². The third kappa shape index (κ3) is 3.31. The number of para-hydroxylation sites is 1. The van der Waals surface area contributed by atoms with E-state index in [1.54, 1.807) is 18.7 Å². The maximum atomic E-state index is 4.85. The topological polar surface area (TPSA) is 113 Å². The fourth-order valence-electron chi connectivity index (χ4n) is 3.46. The highest BCUT2D eigenvalue weighted by molar-refractivity contribution is 5.94. The molecule has 31 heavy (non-hydrogen) atoms. The molecule has 4 heterocycles. The number of imidazole rings is 2. The second-order valence-corrected chi connectivity index (χ2v) is 7.13. The van der Waals surface area contributed by atoms with Gasteiger partial charge in [-0.1, -0.05) is 6.07 Å². The van der Waals surface area contributed by atoms with E-state index >= 15 is 0 Å². The van der Waals surface area contributed by atoms with Crippen LogP contribution in [0, 0.1) is 6.92 Å². The maximum absolute atomic E-state index is 4.85. The van der Waals surface area contributed by atoms with E-state index in [1.165, 1.54) is 6.34 Å². The Kier molecular flexibility index (Phi) is 4.47. The molecule has 0 bridgehead atoms. The van der Waals surface area contributed by atoms with Crippen LogP contribution in [0.25, 0.3) is 44.8 Å². The van der Waals surface area contributed by atoms with Gasteiger partial charge < -0.3 is 9.55 Å². The normalized spacial score (nSPS) is 12.4. The molecule has 5 aromatic rings. The van der Waals surface area contributed by atoms with Gasteiger partial charge in [-0.05, 0) is 49.9 Å². The van der Waals surface area contributed by atoms with Crippen molar-refractivity contribution in [3.8, 4) is 17.2 Å². The van der Waals surface area contributed by atoms with Crippen molar-refractivity contribution in [1.82, 2.24) is 34.7 Å². The van der Waals surface area contributed by atoms with Gasteiger partial charge in [0.25, 0.3) is 0 Å². The van der Waals surface area contributed by atoms with Gasteiger partial charge >= 0.3 is 0 Å². The van der Waals surface area contributed by atoms with Crippen molar-refractivity contribution in [3.63, 3.8) is 0 Å². The molecule has 0 unspecified atom stereocenters. The summed E-state index contributed by atoms with van der Waals surface area (Å²) in [4.78, 5) is 24.8. The van der Waals surface area contributed by atoms with Crippen molar-refractivity contribution < 1.29 is 0 Å². The van der Waals surface area contributed by atoms with E-state index in [9.17, 15) is 0 Å². The van der Waals surface area contributed by atoms with Crippen molar-refractivity contribution in [2.75, 3.05) is 0 Å². The molecule has 2 N–H and O–H groups in total. The van der Waals surface area contributed by atoms with E-state index in [4.69, 9.17) is 4.98 Å². The highest BCUT2D eigenvalue weighted by atomic mass is 15.2. The van der Waals surface area contributed by atoms with Crippen LogP contribution in [0.4, 0.5) is 0 Å². The monoisotopic (exact) mass is 409 g/mol. The van der Waals surface area contributed by atoms with Crippen LogP contribution in [0.2, 0.25) is 0 Å². The lowest BCUT2D eigenvalue weighted by atomic mass is 10.1. The lowest BCUT2D eigenvalue weighted by Gasteiger charge is -2.01. The molecule has 0 aliphatic rings. The zero-order valence-corrected chi connectivity index (χ0v) is 17.0. The number of fused-ring (bicyclic) bond motifs is 2. The zero-order valence-electron chi connectivity index (χ0n) is 17.0. The summed E-state index contributed by atoms with van der Waals surface area (Å²) in [5.41, 5.74) is 6.93. The molecule has 152 valence electrons. The molecule has 0 aliphatic carbocycles. The number of hydrogen-bond acceptors (Lipinski definition) is 5. The molecule has 0 spiro atoms. The van der Waals surface area contributed by atoms with Crippen molar-refractivity contribution in [2.45, 2.75) is 13.8 Å². The van der Waals surface area contributed by atoms with Gasteiger partial charge in [0.2, 0.25) is 0 Å². The van der Waals surface area contributed by atoms with Crippen LogP contribution in [0.5, 0.6) is 0 Å². The summed E-state index contributed by atoms with van der Waals surface area (Å²) < 4.78 is 1.97. The number of aliphatic imine (C=N–C) groups is 2. The number of H-pyrrole nitrogens is 2. The van der Waals surface area contributed by atoms with E-state index in [0.717, 1.165) is 38.9 Å². The SMILES string of the molecule is C=N/C=N\C=C(/C)c1cnc2[nH]nc(-c3nc4c(-n5cnc(C)c5)cccc4[nH]3)c2c1. The summed E-state index contributed by atoms with van der Waals surface area (Å²) in [5, 5.41) is 8.33. The number of rotatable bonds is 5. The molecular formula is C22H19N9. The number of aromatic nitrogens is 7. The highest BCUT2D eigenvalue weighted by Gasteiger charge is 2.16. The molecule has 4 aromatic heterocycles. The lowest BCUT2D eigenvalue weighted by molar-refractivity contribution is 1.06. The number of aromatic amines is 2. The smallest absolute Gasteiger partial charge is 0.159 e. The number of benzene rings is 1. The summed E-state index contributed by atoms with van der Waals surface area (Å²) >= 11 is 0. The van der Waals surface area contributed by atoms with E-state index in [-0.39, 0.29) is 0 Å². The molecular weight excluding hydrogens is 390 g/mol. The first-order valence-corrected chi connectivity index (χ1v) is 9.63. The van der Waals surface area contributed by atoms with Gasteiger partial charge in [-0.15, -0.1) is 0 Å². The van der Waals surface area contributed by atoms with Gasteiger partial charge in [0.1, 0.15) is 17.5 Å². The van der Waals surface area contributed by atoms with Crippen LogP contribution >= 0.6 is 0 Å². The van der Waals surface area contributed by atoms with Crippen LogP contribution in [0.1, 0.15) is 18.2 Å². The molecule has 0 aliphatic heterocycles. The summed E-state index contributed by atoms with van der Waals surface area (Å²) in [6, 6.07) is 8.03. The van der Waals surface area contributed by atoms with Crippen molar-refractivity contribution in [3.05, 3.63) is 60.4 Å². The van der Waals surface area contributed by atoms with Gasteiger partial charge in [0.15, 0.2) is 11.5 Å². The first-order chi connectivity index (χ1) is 15.1. The average molecular weight is 409 g/mol. The predicted octanol–water partition coefficient (Wildman–Crippen LogP) is 4.09. The quantitative estimate of drug-likeness (QED) is 0.336. The third-order valence-electron chi connectivity index (χ3n) is 4.99. The van der Waals surface area contributed by atoms with Gasteiger partial charge in [0, 0.05) is 18.6 Å². The molecule has 0 radical (unpaired) electrons. The fraction of sp³-hybridized carbons (Fsp3) is 0.0909. The highest BCUT2D eigenvalue weighted by Crippen LogP contribution is 2.29. The van der Waals surface area contributed by atoms with Crippen molar-refractivity contribution >= 4 is 40.7 Å². The Balaban J connectivity index is 1.62. The first-order valence-electron chi connectivity index (χ1n) is 9.63. The molecule has 9 heteroatoms. The summed E-state index contributed by atoms with van der Waals surface area (Å²) in [6.07, 6.45) is 8.66.